The van der Waals surface area contributed by atoms with Gasteiger partial charge in [0.25, 0.3) is 0 Å². The Labute approximate surface area is 113 Å². The lowest BCUT2D eigenvalue weighted by molar-refractivity contribution is 0.254. The first-order valence-electron chi connectivity index (χ1n) is 6.92. The van der Waals surface area contributed by atoms with Crippen LogP contribution in [0.4, 0.5) is 5.82 Å². The standard InChI is InChI=1S/C14H21N5/c1-18-11-2-3-12(18)9-19(7-5-11)13-8-10(14(15)16)4-6-17-13/h4,6,8,11-12H,2-3,5,7,9H2,1H3,(H3,15,16). The molecule has 2 atom stereocenters. The van der Waals surface area contributed by atoms with E-state index in [1.165, 1.54) is 19.3 Å². The molecule has 1 aromatic rings. The number of fused-ring (bicyclic) bond motifs is 2. The van der Waals surface area contributed by atoms with Crippen molar-refractivity contribution in [3.8, 4) is 0 Å². The molecule has 2 bridgehead atoms. The largest absolute Gasteiger partial charge is 0.384 e. The van der Waals surface area contributed by atoms with Crippen molar-refractivity contribution < 1.29 is 0 Å². The molecule has 102 valence electrons. The Morgan fingerprint density at radius 2 is 2.16 bits per heavy atom. The predicted molar refractivity (Wildman–Crippen MR) is 76.7 cm³/mol. The van der Waals surface area contributed by atoms with Crippen molar-refractivity contribution in [1.29, 1.82) is 5.41 Å². The molecule has 2 aliphatic heterocycles. The summed E-state index contributed by atoms with van der Waals surface area (Å²) < 4.78 is 0. The summed E-state index contributed by atoms with van der Waals surface area (Å²) in [7, 11) is 2.24. The molecule has 2 aliphatic rings. The first kappa shape index (κ1) is 12.4. The van der Waals surface area contributed by atoms with Gasteiger partial charge in [-0.3, -0.25) is 10.3 Å². The molecule has 0 amide bonds. The Balaban J connectivity index is 1.82. The van der Waals surface area contributed by atoms with Crippen LogP contribution in [0.5, 0.6) is 0 Å². The summed E-state index contributed by atoms with van der Waals surface area (Å²) in [5.41, 5.74) is 6.31. The number of rotatable bonds is 2. The van der Waals surface area contributed by atoms with Crippen molar-refractivity contribution in [3.05, 3.63) is 23.9 Å². The fourth-order valence-corrected chi connectivity index (χ4v) is 3.28. The lowest BCUT2D eigenvalue weighted by Crippen LogP contribution is -2.37. The molecule has 2 fully saturated rings. The van der Waals surface area contributed by atoms with Crippen molar-refractivity contribution in [3.63, 3.8) is 0 Å². The normalized spacial score (nSPS) is 27.3. The number of pyridine rings is 1. The van der Waals surface area contributed by atoms with E-state index in [1.54, 1.807) is 12.3 Å². The van der Waals surface area contributed by atoms with E-state index in [1.807, 2.05) is 6.07 Å². The van der Waals surface area contributed by atoms with Gasteiger partial charge in [-0.25, -0.2) is 4.98 Å². The van der Waals surface area contributed by atoms with Crippen molar-refractivity contribution >= 4 is 11.7 Å². The van der Waals surface area contributed by atoms with Gasteiger partial charge in [-0.1, -0.05) is 0 Å². The Hall–Kier alpha value is -1.62. The average molecular weight is 259 g/mol. The molecule has 2 saturated heterocycles. The van der Waals surface area contributed by atoms with E-state index < -0.39 is 0 Å². The second kappa shape index (κ2) is 4.81. The second-order valence-electron chi connectivity index (χ2n) is 5.60. The lowest BCUT2D eigenvalue weighted by atomic mass is 10.1. The van der Waals surface area contributed by atoms with Gasteiger partial charge in [-0.2, -0.15) is 0 Å². The molecular formula is C14H21N5. The molecule has 2 unspecified atom stereocenters. The molecule has 3 rings (SSSR count). The van der Waals surface area contributed by atoms with Gasteiger partial charge in [0.15, 0.2) is 0 Å². The van der Waals surface area contributed by atoms with E-state index in [4.69, 9.17) is 11.1 Å². The number of nitrogens with one attached hydrogen (secondary N) is 1. The maximum Gasteiger partial charge on any atom is 0.129 e. The summed E-state index contributed by atoms with van der Waals surface area (Å²) in [6.45, 7) is 2.07. The van der Waals surface area contributed by atoms with Crippen molar-refractivity contribution in [1.82, 2.24) is 9.88 Å². The zero-order valence-corrected chi connectivity index (χ0v) is 11.3. The van der Waals surface area contributed by atoms with Crippen LogP contribution in [0.1, 0.15) is 24.8 Å². The fraction of sp³-hybridized carbons (Fsp3) is 0.571. The van der Waals surface area contributed by atoms with Gasteiger partial charge in [0.05, 0.1) is 0 Å². The van der Waals surface area contributed by atoms with E-state index in [9.17, 15) is 0 Å². The minimum atomic E-state index is 0.108. The molecule has 0 radical (unpaired) electrons. The molecule has 5 heteroatoms. The number of anilines is 1. The lowest BCUT2D eigenvalue weighted by Gasteiger charge is -2.26. The van der Waals surface area contributed by atoms with Gasteiger partial charge in [-0.15, -0.1) is 0 Å². The Kier molecular flexibility index (Phi) is 3.14. The van der Waals surface area contributed by atoms with Gasteiger partial charge >= 0.3 is 0 Å². The monoisotopic (exact) mass is 259 g/mol. The van der Waals surface area contributed by atoms with Crippen LogP contribution in [-0.4, -0.2) is 47.9 Å². The first-order valence-corrected chi connectivity index (χ1v) is 6.92. The molecule has 19 heavy (non-hydrogen) atoms. The topological polar surface area (TPSA) is 69.2 Å². The van der Waals surface area contributed by atoms with E-state index in [0.717, 1.165) is 30.5 Å². The number of nitrogen functional groups attached to an aromatic ring is 1. The summed E-state index contributed by atoms with van der Waals surface area (Å²) in [4.78, 5) is 9.31. The minimum absolute atomic E-state index is 0.108. The predicted octanol–water partition coefficient (Wildman–Crippen LogP) is 1.04. The number of hydrogen-bond donors (Lipinski definition) is 2. The highest BCUT2D eigenvalue weighted by molar-refractivity contribution is 5.95. The average Bonchev–Trinajstić information content (AvgIpc) is 2.63. The number of nitrogens with zero attached hydrogens (tertiary/aromatic N) is 3. The quantitative estimate of drug-likeness (QED) is 0.615. The van der Waals surface area contributed by atoms with Crippen LogP contribution >= 0.6 is 0 Å². The summed E-state index contributed by atoms with van der Waals surface area (Å²) in [6.07, 6.45) is 5.55. The van der Waals surface area contributed by atoms with Crippen molar-refractivity contribution in [2.45, 2.75) is 31.3 Å². The first-order chi connectivity index (χ1) is 9.15. The van der Waals surface area contributed by atoms with E-state index in [0.29, 0.717) is 6.04 Å². The minimum Gasteiger partial charge on any atom is -0.384 e. The fourth-order valence-electron chi connectivity index (χ4n) is 3.28. The highest BCUT2D eigenvalue weighted by Crippen LogP contribution is 2.30. The van der Waals surface area contributed by atoms with Crippen molar-refractivity contribution in [2.75, 3.05) is 25.0 Å². The summed E-state index contributed by atoms with van der Waals surface area (Å²) in [6, 6.07) is 5.09. The van der Waals surface area contributed by atoms with Gasteiger partial charge in [0, 0.05) is 36.9 Å². The summed E-state index contributed by atoms with van der Waals surface area (Å²) in [5.74, 6) is 1.06. The van der Waals surface area contributed by atoms with Crippen LogP contribution < -0.4 is 10.6 Å². The second-order valence-corrected chi connectivity index (χ2v) is 5.60. The Morgan fingerprint density at radius 3 is 2.95 bits per heavy atom. The summed E-state index contributed by atoms with van der Waals surface area (Å²) in [5, 5.41) is 7.53. The number of likely N-dealkylation sites (N-methyl/N-ethyl adjacent to an activating group) is 1. The highest BCUT2D eigenvalue weighted by atomic mass is 15.3. The zero-order chi connectivity index (χ0) is 13.4. The summed E-state index contributed by atoms with van der Waals surface area (Å²) >= 11 is 0. The van der Waals surface area contributed by atoms with E-state index in [2.05, 4.69) is 21.8 Å². The zero-order valence-electron chi connectivity index (χ0n) is 11.3. The van der Waals surface area contributed by atoms with Gasteiger partial charge in [0.1, 0.15) is 11.7 Å². The molecular weight excluding hydrogens is 238 g/mol. The number of nitrogens with two attached hydrogens (primary N) is 1. The Bertz CT molecular complexity index is 486. The third kappa shape index (κ3) is 2.30. The van der Waals surface area contributed by atoms with Crippen LogP contribution in [-0.2, 0) is 0 Å². The molecule has 1 aromatic heterocycles. The number of aromatic nitrogens is 1. The molecule has 0 aliphatic carbocycles. The van der Waals surface area contributed by atoms with Crippen LogP contribution in [0.25, 0.3) is 0 Å². The number of amidine groups is 1. The van der Waals surface area contributed by atoms with Crippen molar-refractivity contribution in [2.24, 2.45) is 5.73 Å². The third-order valence-electron chi connectivity index (χ3n) is 4.53. The van der Waals surface area contributed by atoms with Gasteiger partial charge < -0.3 is 10.6 Å². The van der Waals surface area contributed by atoms with Crippen LogP contribution in [0.3, 0.4) is 0 Å². The smallest absolute Gasteiger partial charge is 0.129 e. The molecule has 0 aromatic carbocycles. The Morgan fingerprint density at radius 1 is 1.37 bits per heavy atom. The molecule has 0 saturated carbocycles. The maximum absolute atomic E-state index is 7.53. The SMILES string of the molecule is CN1C2CCC1CN(c1cc(C(=N)N)ccn1)CC2. The third-order valence-corrected chi connectivity index (χ3v) is 4.53. The molecule has 3 heterocycles. The van der Waals surface area contributed by atoms with Crippen LogP contribution in [0.15, 0.2) is 18.3 Å². The van der Waals surface area contributed by atoms with Gasteiger partial charge in [0.2, 0.25) is 0 Å². The molecule has 5 nitrogen and oxygen atoms in total. The van der Waals surface area contributed by atoms with E-state index >= 15 is 0 Å². The maximum atomic E-state index is 7.53. The van der Waals surface area contributed by atoms with Gasteiger partial charge in [-0.05, 0) is 38.4 Å². The molecule has 3 N–H and O–H groups in total. The highest BCUT2D eigenvalue weighted by Gasteiger charge is 2.34. The van der Waals surface area contributed by atoms with Crippen LogP contribution in [0, 0.1) is 5.41 Å². The molecule has 0 spiro atoms. The van der Waals surface area contributed by atoms with E-state index in [-0.39, 0.29) is 5.84 Å². The van der Waals surface area contributed by atoms with Crippen LogP contribution in [0.2, 0.25) is 0 Å². The number of hydrogen-bond acceptors (Lipinski definition) is 4.